The molecule has 0 saturated heterocycles. The topological polar surface area (TPSA) is 49.4 Å². The second-order valence-electron chi connectivity index (χ2n) is 7.45. The highest BCUT2D eigenvalue weighted by molar-refractivity contribution is 7.99. The third-order valence-corrected chi connectivity index (χ3v) is 6.08. The van der Waals surface area contributed by atoms with Gasteiger partial charge in [0, 0.05) is 23.9 Å². The molecule has 30 heavy (non-hydrogen) atoms. The fourth-order valence-corrected chi connectivity index (χ4v) is 4.06. The Morgan fingerprint density at radius 1 is 1.13 bits per heavy atom. The molecule has 0 fully saturated rings. The van der Waals surface area contributed by atoms with Crippen LogP contribution < -0.4 is 5.32 Å². The van der Waals surface area contributed by atoms with Gasteiger partial charge in [0.2, 0.25) is 11.8 Å². The van der Waals surface area contributed by atoms with Gasteiger partial charge in [-0.15, -0.1) is 11.8 Å². The molecule has 2 amide bonds. The molecule has 0 spiro atoms. The van der Waals surface area contributed by atoms with Gasteiger partial charge in [-0.2, -0.15) is 0 Å². The molecule has 0 unspecified atom stereocenters. The van der Waals surface area contributed by atoms with Crippen LogP contribution in [0.2, 0.25) is 5.02 Å². The summed E-state index contributed by atoms with van der Waals surface area (Å²) in [6, 6.07) is 15.2. The number of carbonyl (C=O) groups excluding carboxylic acids is 2. The van der Waals surface area contributed by atoms with Crippen molar-refractivity contribution in [2.45, 2.75) is 52.0 Å². The van der Waals surface area contributed by atoms with Gasteiger partial charge >= 0.3 is 0 Å². The number of nitrogens with zero attached hydrogens (tertiary/aromatic N) is 1. The summed E-state index contributed by atoms with van der Waals surface area (Å²) >= 11 is 7.67. The average Bonchev–Trinajstić information content (AvgIpc) is 2.73. The van der Waals surface area contributed by atoms with E-state index in [4.69, 9.17) is 11.6 Å². The molecule has 1 atom stereocenters. The van der Waals surface area contributed by atoms with Crippen LogP contribution in [0.1, 0.15) is 43.4 Å². The van der Waals surface area contributed by atoms with E-state index in [1.54, 1.807) is 29.7 Å². The van der Waals surface area contributed by atoms with Crippen LogP contribution in [0.5, 0.6) is 0 Å². The molecule has 0 aliphatic rings. The Morgan fingerprint density at radius 2 is 1.87 bits per heavy atom. The third kappa shape index (κ3) is 8.04. The summed E-state index contributed by atoms with van der Waals surface area (Å²) in [6.45, 7) is 6.90. The highest BCUT2D eigenvalue weighted by Crippen LogP contribution is 2.18. The van der Waals surface area contributed by atoms with E-state index in [0.29, 0.717) is 23.9 Å². The lowest BCUT2D eigenvalue weighted by molar-refractivity contribution is -0.138. The van der Waals surface area contributed by atoms with Gasteiger partial charge in [-0.1, -0.05) is 66.9 Å². The Kier molecular flexibility index (Phi) is 10.2. The summed E-state index contributed by atoms with van der Waals surface area (Å²) < 4.78 is 0. The fraction of sp³-hybridized carbons (Fsp3) is 0.417. The summed E-state index contributed by atoms with van der Waals surface area (Å²) in [6.07, 6.45) is 1.93. The first-order chi connectivity index (χ1) is 14.4. The van der Waals surface area contributed by atoms with E-state index in [9.17, 15) is 9.59 Å². The van der Waals surface area contributed by atoms with Crippen molar-refractivity contribution < 1.29 is 9.59 Å². The number of nitrogens with one attached hydrogen (secondary N) is 1. The highest BCUT2D eigenvalue weighted by Gasteiger charge is 2.25. The van der Waals surface area contributed by atoms with E-state index in [0.717, 1.165) is 24.2 Å². The minimum Gasteiger partial charge on any atom is -0.354 e. The van der Waals surface area contributed by atoms with Crippen LogP contribution >= 0.6 is 23.4 Å². The third-order valence-electron chi connectivity index (χ3n) is 4.85. The first-order valence-electron chi connectivity index (χ1n) is 10.4. The van der Waals surface area contributed by atoms with E-state index in [1.165, 1.54) is 11.1 Å². The van der Waals surface area contributed by atoms with Gasteiger partial charge in [-0.25, -0.2) is 0 Å². The van der Waals surface area contributed by atoms with Crippen LogP contribution in [0, 0.1) is 6.92 Å². The maximum absolute atomic E-state index is 13.0. The van der Waals surface area contributed by atoms with Gasteiger partial charge in [-0.3, -0.25) is 9.59 Å². The van der Waals surface area contributed by atoms with Gasteiger partial charge < -0.3 is 10.2 Å². The smallest absolute Gasteiger partial charge is 0.242 e. The summed E-state index contributed by atoms with van der Waals surface area (Å²) in [4.78, 5) is 27.3. The van der Waals surface area contributed by atoms with Crippen molar-refractivity contribution in [1.29, 1.82) is 0 Å². The van der Waals surface area contributed by atoms with Gasteiger partial charge in [0.25, 0.3) is 0 Å². The second-order valence-corrected chi connectivity index (χ2v) is 8.87. The minimum absolute atomic E-state index is 0.0507. The van der Waals surface area contributed by atoms with Crippen molar-refractivity contribution in [2.24, 2.45) is 0 Å². The Morgan fingerprint density at radius 3 is 2.53 bits per heavy atom. The maximum Gasteiger partial charge on any atom is 0.242 e. The molecule has 0 radical (unpaired) electrons. The van der Waals surface area contributed by atoms with Crippen LogP contribution in [-0.4, -0.2) is 35.1 Å². The maximum atomic E-state index is 13.0. The molecule has 162 valence electrons. The zero-order valence-electron chi connectivity index (χ0n) is 18.0. The van der Waals surface area contributed by atoms with E-state index in [1.807, 2.05) is 18.2 Å². The summed E-state index contributed by atoms with van der Waals surface area (Å²) in [5.74, 6) is 0.905. The van der Waals surface area contributed by atoms with Crippen molar-refractivity contribution in [2.75, 3.05) is 12.3 Å². The van der Waals surface area contributed by atoms with Gasteiger partial charge in [-0.05, 0) is 43.5 Å². The van der Waals surface area contributed by atoms with Crippen LogP contribution in [0.25, 0.3) is 0 Å². The van der Waals surface area contributed by atoms with E-state index in [2.05, 4.69) is 43.4 Å². The van der Waals surface area contributed by atoms with Gasteiger partial charge in [0.05, 0.1) is 5.75 Å². The zero-order valence-corrected chi connectivity index (χ0v) is 19.6. The normalized spacial score (nSPS) is 11.7. The lowest BCUT2D eigenvalue weighted by Gasteiger charge is -2.29. The molecule has 0 bridgehead atoms. The molecule has 0 aromatic heterocycles. The summed E-state index contributed by atoms with van der Waals surface area (Å²) in [7, 11) is 0. The number of halogens is 1. The SMILES string of the molecule is CCCCNC(=O)[C@H](C)N(Cc1cccc(Cl)c1)C(=O)CSCc1ccc(C)cc1. The van der Waals surface area contributed by atoms with Crippen LogP contribution in [0.15, 0.2) is 48.5 Å². The number of aryl methyl sites for hydroxylation is 1. The van der Waals surface area contributed by atoms with Crippen molar-refractivity contribution >= 4 is 35.2 Å². The lowest BCUT2D eigenvalue weighted by atomic mass is 10.1. The van der Waals surface area contributed by atoms with Gasteiger partial charge in [0.15, 0.2) is 0 Å². The number of benzene rings is 2. The Labute approximate surface area is 189 Å². The fourth-order valence-electron chi connectivity index (χ4n) is 2.97. The van der Waals surface area contributed by atoms with E-state index < -0.39 is 6.04 Å². The van der Waals surface area contributed by atoms with Crippen molar-refractivity contribution in [3.63, 3.8) is 0 Å². The number of hydrogen-bond donors (Lipinski definition) is 1. The number of rotatable bonds is 11. The van der Waals surface area contributed by atoms with Crippen LogP contribution in [-0.2, 0) is 21.9 Å². The molecule has 1 N–H and O–H groups in total. The predicted molar refractivity (Wildman–Crippen MR) is 127 cm³/mol. The van der Waals surface area contributed by atoms with E-state index in [-0.39, 0.29) is 11.8 Å². The molecule has 0 aliphatic carbocycles. The Hall–Kier alpha value is -1.98. The molecule has 2 rings (SSSR count). The monoisotopic (exact) mass is 446 g/mol. The second kappa shape index (κ2) is 12.7. The summed E-state index contributed by atoms with van der Waals surface area (Å²) in [5.41, 5.74) is 3.31. The number of carbonyl (C=O) groups is 2. The first-order valence-corrected chi connectivity index (χ1v) is 11.9. The number of unbranched alkanes of at least 4 members (excludes halogenated alkanes) is 1. The highest BCUT2D eigenvalue weighted by atomic mass is 35.5. The number of hydrogen-bond acceptors (Lipinski definition) is 3. The molecule has 0 heterocycles. The largest absolute Gasteiger partial charge is 0.354 e. The van der Waals surface area contributed by atoms with Crippen LogP contribution in [0.3, 0.4) is 0 Å². The molecule has 2 aromatic carbocycles. The molecule has 0 aliphatic heterocycles. The lowest BCUT2D eigenvalue weighted by Crippen LogP contribution is -2.48. The molecule has 0 saturated carbocycles. The standard InChI is InChI=1S/C24H31ClN2O2S/c1-4-5-13-26-24(29)19(3)27(15-21-7-6-8-22(25)14-21)23(28)17-30-16-20-11-9-18(2)10-12-20/h6-12,14,19H,4-5,13,15-17H2,1-3H3,(H,26,29)/t19-/m0/s1. The first kappa shape index (κ1) is 24.3. The van der Waals surface area contributed by atoms with Crippen LogP contribution in [0.4, 0.5) is 0 Å². The molecule has 4 nitrogen and oxygen atoms in total. The molecular formula is C24H31ClN2O2S. The Balaban J connectivity index is 2.03. The molecular weight excluding hydrogens is 416 g/mol. The number of amides is 2. The average molecular weight is 447 g/mol. The number of thioether (sulfide) groups is 1. The minimum atomic E-state index is -0.548. The van der Waals surface area contributed by atoms with Gasteiger partial charge in [0.1, 0.15) is 6.04 Å². The zero-order chi connectivity index (χ0) is 21.9. The quantitative estimate of drug-likeness (QED) is 0.481. The Bertz CT molecular complexity index is 826. The van der Waals surface area contributed by atoms with Crippen molar-refractivity contribution in [3.05, 3.63) is 70.2 Å². The van der Waals surface area contributed by atoms with E-state index >= 15 is 0 Å². The predicted octanol–water partition coefficient (Wildman–Crippen LogP) is 5.22. The molecule has 2 aromatic rings. The summed E-state index contributed by atoms with van der Waals surface area (Å²) in [5, 5.41) is 3.56. The molecule has 6 heteroatoms. The van der Waals surface area contributed by atoms with Crippen molar-refractivity contribution in [3.8, 4) is 0 Å². The van der Waals surface area contributed by atoms with Crippen molar-refractivity contribution in [1.82, 2.24) is 10.2 Å².